The van der Waals surface area contributed by atoms with E-state index in [0.29, 0.717) is 30.6 Å². The van der Waals surface area contributed by atoms with E-state index < -0.39 is 0 Å². The van der Waals surface area contributed by atoms with E-state index >= 15 is 0 Å². The molecule has 6 nitrogen and oxygen atoms in total. The lowest BCUT2D eigenvalue weighted by Gasteiger charge is -2.26. The van der Waals surface area contributed by atoms with Crippen molar-refractivity contribution < 1.29 is 19.1 Å². The molecule has 0 bridgehead atoms. The van der Waals surface area contributed by atoms with Crippen molar-refractivity contribution in [1.82, 2.24) is 0 Å². The number of esters is 2. The number of rotatable bonds is 18. The number of carbonyl (C=O) groups is 2. The van der Waals surface area contributed by atoms with Gasteiger partial charge in [0, 0.05) is 26.2 Å². The first kappa shape index (κ1) is 31.7. The van der Waals surface area contributed by atoms with E-state index in [0.717, 1.165) is 74.1 Å². The number of unbranched alkanes of at least 4 members (excludes halogenated alkanes) is 4. The van der Waals surface area contributed by atoms with E-state index in [9.17, 15) is 9.59 Å². The highest BCUT2D eigenvalue weighted by atomic mass is 16.5. The fourth-order valence-electron chi connectivity index (χ4n) is 4.76. The molecule has 0 fully saturated rings. The first-order valence-electron chi connectivity index (χ1n) is 14.1. The van der Waals surface area contributed by atoms with Crippen LogP contribution < -0.4 is 9.80 Å². The van der Waals surface area contributed by atoms with Crippen LogP contribution in [0.4, 0.5) is 11.4 Å². The lowest BCUT2D eigenvalue weighted by Crippen LogP contribution is -2.27. The van der Waals surface area contributed by atoms with Crippen LogP contribution in [0.3, 0.4) is 0 Å². The van der Waals surface area contributed by atoms with Gasteiger partial charge in [-0.15, -0.1) is 13.2 Å². The van der Waals surface area contributed by atoms with E-state index in [1.807, 2.05) is 48.6 Å². The van der Waals surface area contributed by atoms with E-state index in [2.05, 4.69) is 36.8 Å². The maximum atomic E-state index is 12.8. The van der Waals surface area contributed by atoms with Crippen LogP contribution in [0.5, 0.6) is 0 Å². The average molecular weight is 535 g/mol. The topological polar surface area (TPSA) is 59.1 Å². The summed E-state index contributed by atoms with van der Waals surface area (Å²) in [6.45, 7) is 15.1. The van der Waals surface area contributed by atoms with Crippen LogP contribution in [0.2, 0.25) is 0 Å². The highest BCUT2D eigenvalue weighted by molar-refractivity contribution is 5.97. The molecule has 0 spiro atoms. The smallest absolute Gasteiger partial charge is 0.339 e. The van der Waals surface area contributed by atoms with Crippen molar-refractivity contribution in [2.75, 3.05) is 50.2 Å². The fraction of sp³-hybridized carbons (Fsp3) is 0.455. The molecular formula is C33H46N2O4. The van der Waals surface area contributed by atoms with Gasteiger partial charge in [0.2, 0.25) is 0 Å². The Morgan fingerprint density at radius 1 is 0.718 bits per heavy atom. The number of hydrogen-bond acceptors (Lipinski definition) is 6. The van der Waals surface area contributed by atoms with E-state index in [4.69, 9.17) is 9.47 Å². The predicted molar refractivity (Wildman–Crippen MR) is 162 cm³/mol. The van der Waals surface area contributed by atoms with Crippen LogP contribution >= 0.6 is 0 Å². The molecule has 212 valence electrons. The maximum Gasteiger partial charge on any atom is 0.339 e. The van der Waals surface area contributed by atoms with Crippen LogP contribution in [0, 0.1) is 0 Å². The number of carbonyl (C=O) groups excluding carboxylic acids is 2. The maximum absolute atomic E-state index is 12.8. The molecule has 2 aromatic carbocycles. The number of hydrogen-bond donors (Lipinski definition) is 0. The Morgan fingerprint density at radius 3 is 1.46 bits per heavy atom. The summed E-state index contributed by atoms with van der Waals surface area (Å²) in [6, 6.07) is 11.9. The molecule has 0 saturated heterocycles. The molecule has 0 N–H and O–H groups in total. The van der Waals surface area contributed by atoms with Crippen molar-refractivity contribution in [3.05, 3.63) is 84.0 Å². The Morgan fingerprint density at radius 2 is 1.13 bits per heavy atom. The zero-order chi connectivity index (χ0) is 28.6. The molecule has 0 aromatic heterocycles. The Labute approximate surface area is 235 Å². The van der Waals surface area contributed by atoms with E-state index in [1.54, 1.807) is 0 Å². The van der Waals surface area contributed by atoms with Gasteiger partial charge >= 0.3 is 11.9 Å². The third-order valence-corrected chi connectivity index (χ3v) is 6.78. The molecule has 6 heteroatoms. The quantitative estimate of drug-likeness (QED) is 0.114. The van der Waals surface area contributed by atoms with Gasteiger partial charge in [-0.25, -0.2) is 9.59 Å². The molecule has 0 aliphatic rings. The molecular weight excluding hydrogens is 488 g/mol. The van der Waals surface area contributed by atoms with Gasteiger partial charge in [-0.2, -0.15) is 0 Å². The second kappa shape index (κ2) is 17.1. The first-order valence-corrected chi connectivity index (χ1v) is 14.1. The summed E-state index contributed by atoms with van der Waals surface area (Å²) in [5.74, 6) is -0.733. The summed E-state index contributed by atoms with van der Waals surface area (Å²) in [5, 5.41) is 0. The molecule has 0 unspecified atom stereocenters. The Balaban J connectivity index is 2.43. The Kier molecular flexibility index (Phi) is 13.9. The van der Waals surface area contributed by atoms with Crippen molar-refractivity contribution in [2.45, 2.75) is 58.8 Å². The summed E-state index contributed by atoms with van der Waals surface area (Å²) in [4.78, 5) is 30.0. The molecule has 2 aromatic rings. The Hall–Kier alpha value is -3.54. The van der Waals surface area contributed by atoms with Crippen LogP contribution in [-0.4, -0.2) is 52.3 Å². The molecule has 0 heterocycles. The van der Waals surface area contributed by atoms with Gasteiger partial charge in [-0.1, -0.05) is 63.8 Å². The minimum absolute atomic E-state index is 0.367. The summed E-state index contributed by atoms with van der Waals surface area (Å²) in [5.41, 5.74) is 4.68. The van der Waals surface area contributed by atoms with Crippen LogP contribution in [-0.2, 0) is 15.9 Å². The molecule has 0 amide bonds. The molecule has 0 atom stereocenters. The van der Waals surface area contributed by atoms with E-state index in [1.165, 1.54) is 14.2 Å². The SMILES string of the molecule is C=CCN(CCCCC)c1ccc(Cc2ccc(N(CC=C)CCCCC)c(C(=O)OC)c2)cc1C(=O)OC. The van der Waals surface area contributed by atoms with Gasteiger partial charge in [0.05, 0.1) is 36.7 Å². The van der Waals surface area contributed by atoms with Crippen molar-refractivity contribution >= 4 is 23.3 Å². The number of benzene rings is 2. The third-order valence-electron chi connectivity index (χ3n) is 6.78. The molecule has 0 radical (unpaired) electrons. The molecule has 0 saturated carbocycles. The van der Waals surface area contributed by atoms with Crippen molar-refractivity contribution in [3.63, 3.8) is 0 Å². The van der Waals surface area contributed by atoms with Gasteiger partial charge in [0.25, 0.3) is 0 Å². The third kappa shape index (κ3) is 9.31. The molecule has 2 rings (SSSR count). The van der Waals surface area contributed by atoms with Crippen molar-refractivity contribution in [1.29, 1.82) is 0 Å². The predicted octanol–water partition coefficient (Wildman–Crippen LogP) is 7.22. The monoisotopic (exact) mass is 534 g/mol. The average Bonchev–Trinajstić information content (AvgIpc) is 2.95. The number of ether oxygens (including phenoxy) is 2. The van der Waals surface area contributed by atoms with Gasteiger partial charge < -0.3 is 19.3 Å². The Bertz CT molecular complexity index is 1010. The number of anilines is 2. The summed E-state index contributed by atoms with van der Waals surface area (Å²) < 4.78 is 10.3. The second-order valence-corrected chi connectivity index (χ2v) is 9.75. The molecule has 39 heavy (non-hydrogen) atoms. The zero-order valence-electron chi connectivity index (χ0n) is 24.3. The standard InChI is InChI=1S/C33H46N2O4/c1-7-11-13-21-34(19-9-3)30-17-15-26(24-28(30)32(36)38-5)23-27-16-18-31(29(25-27)33(37)39-6)35(20-10-4)22-14-12-8-2/h9-10,15-18,24-25H,3-4,7-8,11-14,19-23H2,1-2,5-6H3. The van der Waals surface area contributed by atoms with E-state index in [-0.39, 0.29) is 11.9 Å². The summed E-state index contributed by atoms with van der Waals surface area (Å²) >= 11 is 0. The van der Waals surface area contributed by atoms with Gasteiger partial charge in [-0.3, -0.25) is 0 Å². The normalized spacial score (nSPS) is 10.6. The van der Waals surface area contributed by atoms with Crippen LogP contribution in [0.15, 0.2) is 61.7 Å². The van der Waals surface area contributed by atoms with Gasteiger partial charge in [0.1, 0.15) is 0 Å². The van der Waals surface area contributed by atoms with Crippen LogP contribution in [0.1, 0.15) is 84.2 Å². The minimum Gasteiger partial charge on any atom is -0.465 e. The van der Waals surface area contributed by atoms with Crippen molar-refractivity contribution in [3.8, 4) is 0 Å². The minimum atomic E-state index is -0.367. The fourth-order valence-corrected chi connectivity index (χ4v) is 4.76. The largest absolute Gasteiger partial charge is 0.465 e. The van der Waals surface area contributed by atoms with Gasteiger partial charge in [-0.05, 0) is 54.7 Å². The highest BCUT2D eigenvalue weighted by Crippen LogP contribution is 2.28. The zero-order valence-corrected chi connectivity index (χ0v) is 24.3. The number of nitrogens with zero attached hydrogens (tertiary/aromatic N) is 2. The summed E-state index contributed by atoms with van der Waals surface area (Å²) in [7, 11) is 2.81. The van der Waals surface area contributed by atoms with Crippen LogP contribution in [0.25, 0.3) is 0 Å². The molecule has 0 aliphatic carbocycles. The number of methoxy groups -OCH3 is 2. The summed E-state index contributed by atoms with van der Waals surface area (Å²) in [6.07, 6.45) is 10.9. The first-order chi connectivity index (χ1) is 18.9. The molecule has 0 aliphatic heterocycles. The van der Waals surface area contributed by atoms with Gasteiger partial charge in [0.15, 0.2) is 0 Å². The lowest BCUT2D eigenvalue weighted by molar-refractivity contribution is 0.0592. The highest BCUT2D eigenvalue weighted by Gasteiger charge is 2.20. The lowest BCUT2D eigenvalue weighted by atomic mass is 9.98. The second-order valence-electron chi connectivity index (χ2n) is 9.75. The van der Waals surface area contributed by atoms with Crippen molar-refractivity contribution in [2.24, 2.45) is 0 Å².